The van der Waals surface area contributed by atoms with Crippen LogP contribution in [0.2, 0.25) is 0 Å². The van der Waals surface area contributed by atoms with E-state index < -0.39 is 16.0 Å². The highest BCUT2D eigenvalue weighted by Crippen LogP contribution is 2.31. The number of aromatic nitrogens is 2. The number of rotatable bonds is 5. The van der Waals surface area contributed by atoms with Gasteiger partial charge in [0.2, 0.25) is 21.7 Å². The Hall–Kier alpha value is -3.11. The second kappa shape index (κ2) is 7.96. The van der Waals surface area contributed by atoms with Gasteiger partial charge in [0, 0.05) is 24.6 Å². The first-order valence-corrected chi connectivity index (χ1v) is 10.7. The summed E-state index contributed by atoms with van der Waals surface area (Å²) in [5.74, 6) is -1.14. The van der Waals surface area contributed by atoms with E-state index in [9.17, 15) is 22.7 Å². The maximum absolute atomic E-state index is 13.1. The number of carbonyl (C=O) groups excluding carboxylic acids is 1. The molecule has 156 valence electrons. The van der Waals surface area contributed by atoms with Crippen LogP contribution in [0.3, 0.4) is 0 Å². The van der Waals surface area contributed by atoms with E-state index in [0.717, 1.165) is 6.07 Å². The standard InChI is InChI=1S/C20H18FN3O5S/c21-16-6-4-13(5-7-16)18-22-19(29-23-18)14-8-10-24(11-9-14)30(27,28)17-3-1-2-15(12-17)20(25)26/h1-7,12,14H,8-11H2,(H,25,26)/p-1. The van der Waals surface area contributed by atoms with Crippen LogP contribution in [0.1, 0.15) is 35.0 Å². The molecule has 1 fully saturated rings. The summed E-state index contributed by atoms with van der Waals surface area (Å²) in [6.07, 6.45) is 0.953. The molecule has 0 amide bonds. The molecule has 2 heterocycles. The summed E-state index contributed by atoms with van der Waals surface area (Å²) in [5.41, 5.74) is 0.435. The Morgan fingerprint density at radius 1 is 1.13 bits per heavy atom. The first kappa shape index (κ1) is 20.2. The summed E-state index contributed by atoms with van der Waals surface area (Å²) in [6.45, 7) is 0.466. The number of benzene rings is 2. The zero-order chi connectivity index (χ0) is 21.3. The molecule has 1 aliphatic heterocycles. The molecule has 1 aromatic heterocycles. The first-order valence-electron chi connectivity index (χ1n) is 9.26. The van der Waals surface area contributed by atoms with Crippen LogP contribution in [0.25, 0.3) is 11.4 Å². The van der Waals surface area contributed by atoms with E-state index in [2.05, 4.69) is 10.1 Å². The lowest BCUT2D eigenvalue weighted by Crippen LogP contribution is -2.38. The molecule has 0 bridgehead atoms. The largest absolute Gasteiger partial charge is 0.545 e. The van der Waals surface area contributed by atoms with E-state index in [1.807, 2.05) is 0 Å². The average molecular weight is 430 g/mol. The zero-order valence-corrected chi connectivity index (χ0v) is 16.5. The van der Waals surface area contributed by atoms with Crippen molar-refractivity contribution in [1.29, 1.82) is 0 Å². The van der Waals surface area contributed by atoms with Crippen molar-refractivity contribution < 1.29 is 27.2 Å². The van der Waals surface area contributed by atoms with E-state index in [-0.39, 0.29) is 35.3 Å². The summed E-state index contributed by atoms with van der Waals surface area (Å²) in [4.78, 5) is 15.3. The second-order valence-corrected chi connectivity index (χ2v) is 8.89. The average Bonchev–Trinajstić information content (AvgIpc) is 3.25. The molecule has 0 aliphatic carbocycles. The predicted octanol–water partition coefficient (Wildman–Crippen LogP) is 1.81. The second-order valence-electron chi connectivity index (χ2n) is 6.96. The minimum atomic E-state index is -3.83. The molecule has 0 unspecified atom stereocenters. The van der Waals surface area contributed by atoms with Gasteiger partial charge in [-0.15, -0.1) is 0 Å². The predicted molar refractivity (Wildman–Crippen MR) is 101 cm³/mol. The summed E-state index contributed by atoms with van der Waals surface area (Å²) in [7, 11) is -3.83. The van der Waals surface area contributed by atoms with Crippen LogP contribution in [0, 0.1) is 5.82 Å². The van der Waals surface area contributed by atoms with Gasteiger partial charge in [-0.05, 0) is 54.8 Å². The van der Waals surface area contributed by atoms with Gasteiger partial charge in [-0.25, -0.2) is 12.8 Å². The monoisotopic (exact) mass is 430 g/mol. The Morgan fingerprint density at radius 2 is 1.83 bits per heavy atom. The van der Waals surface area contributed by atoms with Gasteiger partial charge in [0.15, 0.2) is 0 Å². The molecular weight excluding hydrogens is 413 g/mol. The van der Waals surface area contributed by atoms with Gasteiger partial charge >= 0.3 is 0 Å². The lowest BCUT2D eigenvalue weighted by molar-refractivity contribution is -0.255. The highest BCUT2D eigenvalue weighted by Gasteiger charge is 2.32. The van der Waals surface area contributed by atoms with Crippen molar-refractivity contribution >= 4 is 16.0 Å². The molecule has 1 saturated heterocycles. The Morgan fingerprint density at radius 3 is 2.50 bits per heavy atom. The van der Waals surface area contributed by atoms with Crippen molar-refractivity contribution in [1.82, 2.24) is 14.4 Å². The third-order valence-electron chi connectivity index (χ3n) is 5.05. The summed E-state index contributed by atoms with van der Waals surface area (Å²) in [5, 5.41) is 14.9. The van der Waals surface area contributed by atoms with Crippen LogP contribution < -0.4 is 5.11 Å². The van der Waals surface area contributed by atoms with Crippen molar-refractivity contribution in [2.45, 2.75) is 23.7 Å². The minimum absolute atomic E-state index is 0.0842. The van der Waals surface area contributed by atoms with Gasteiger partial charge in [-0.2, -0.15) is 9.29 Å². The molecule has 0 spiro atoms. The topological polar surface area (TPSA) is 116 Å². The van der Waals surface area contributed by atoms with Crippen LogP contribution in [0.15, 0.2) is 57.9 Å². The van der Waals surface area contributed by atoms with Crippen LogP contribution in [-0.4, -0.2) is 41.9 Å². The SMILES string of the molecule is O=C([O-])c1cccc(S(=O)(=O)N2CCC(c3nc(-c4ccc(F)cc4)no3)CC2)c1. The number of piperidine rings is 1. The lowest BCUT2D eigenvalue weighted by atomic mass is 9.98. The Kier molecular flexibility index (Phi) is 5.35. The number of carbonyl (C=O) groups is 1. The van der Waals surface area contributed by atoms with Crippen molar-refractivity contribution in [3.05, 3.63) is 65.8 Å². The maximum atomic E-state index is 13.1. The number of hydrogen-bond donors (Lipinski definition) is 0. The maximum Gasteiger partial charge on any atom is 0.243 e. The van der Waals surface area contributed by atoms with E-state index in [0.29, 0.717) is 30.1 Å². The minimum Gasteiger partial charge on any atom is -0.545 e. The normalized spacial score (nSPS) is 15.9. The zero-order valence-electron chi connectivity index (χ0n) is 15.7. The molecule has 10 heteroatoms. The number of nitrogens with zero attached hydrogens (tertiary/aromatic N) is 3. The third kappa shape index (κ3) is 3.96. The van der Waals surface area contributed by atoms with Crippen molar-refractivity contribution in [3.63, 3.8) is 0 Å². The third-order valence-corrected chi connectivity index (χ3v) is 6.95. The number of halogens is 1. The van der Waals surface area contributed by atoms with Crippen LogP contribution >= 0.6 is 0 Å². The number of hydrogen-bond acceptors (Lipinski definition) is 7. The van der Waals surface area contributed by atoms with E-state index in [4.69, 9.17) is 4.52 Å². The summed E-state index contributed by atoms with van der Waals surface area (Å²) >= 11 is 0. The molecule has 0 radical (unpaired) electrons. The fraction of sp³-hybridized carbons (Fsp3) is 0.250. The molecule has 0 saturated carbocycles. The lowest BCUT2D eigenvalue weighted by Gasteiger charge is -2.29. The quantitative estimate of drug-likeness (QED) is 0.606. The molecule has 0 N–H and O–H groups in total. The van der Waals surface area contributed by atoms with E-state index in [1.54, 1.807) is 12.1 Å². The molecule has 30 heavy (non-hydrogen) atoms. The molecule has 1 aliphatic rings. The Balaban J connectivity index is 1.46. The Bertz CT molecular complexity index is 1170. The molecule has 8 nitrogen and oxygen atoms in total. The number of aromatic carboxylic acids is 1. The summed E-state index contributed by atoms with van der Waals surface area (Å²) in [6, 6.07) is 10.9. The van der Waals surface area contributed by atoms with E-state index in [1.165, 1.54) is 34.6 Å². The van der Waals surface area contributed by atoms with Gasteiger partial charge in [0.1, 0.15) is 5.82 Å². The molecule has 2 aromatic carbocycles. The molecule has 0 atom stereocenters. The fourth-order valence-electron chi connectivity index (χ4n) is 3.39. The molecular formula is C20H17FN3O5S-. The Labute approximate surface area is 172 Å². The van der Waals surface area contributed by atoms with Crippen molar-refractivity contribution in [2.75, 3.05) is 13.1 Å². The number of sulfonamides is 1. The van der Waals surface area contributed by atoms with Gasteiger partial charge in [0.25, 0.3) is 0 Å². The van der Waals surface area contributed by atoms with Crippen LogP contribution in [-0.2, 0) is 10.0 Å². The first-order chi connectivity index (χ1) is 14.3. The van der Waals surface area contributed by atoms with Crippen LogP contribution in [0.4, 0.5) is 4.39 Å². The fourth-order valence-corrected chi connectivity index (χ4v) is 4.91. The summed E-state index contributed by atoms with van der Waals surface area (Å²) < 4.78 is 45.4. The number of carboxylic acids is 1. The van der Waals surface area contributed by atoms with Gasteiger partial charge in [-0.3, -0.25) is 0 Å². The van der Waals surface area contributed by atoms with Gasteiger partial charge in [-0.1, -0.05) is 17.3 Å². The van der Waals surface area contributed by atoms with Crippen molar-refractivity contribution in [2.24, 2.45) is 0 Å². The van der Waals surface area contributed by atoms with Gasteiger partial charge < -0.3 is 14.4 Å². The molecule has 4 rings (SSSR count). The van der Waals surface area contributed by atoms with Crippen molar-refractivity contribution in [3.8, 4) is 11.4 Å². The highest BCUT2D eigenvalue weighted by molar-refractivity contribution is 7.89. The molecule has 3 aromatic rings. The van der Waals surface area contributed by atoms with Crippen LogP contribution in [0.5, 0.6) is 0 Å². The number of carboxylic acid groups (broad SMARTS) is 1. The smallest absolute Gasteiger partial charge is 0.243 e. The van der Waals surface area contributed by atoms with E-state index >= 15 is 0 Å². The van der Waals surface area contributed by atoms with Gasteiger partial charge in [0.05, 0.1) is 10.9 Å². The highest BCUT2D eigenvalue weighted by atomic mass is 32.2.